The lowest BCUT2D eigenvalue weighted by Gasteiger charge is -2.34. The molecule has 1 amide bonds. The molecule has 0 atom stereocenters. The molecule has 0 spiro atoms. The first-order valence-electron chi connectivity index (χ1n) is 10.1. The number of aliphatic imine (C=N–C) groups is 1. The number of amides is 1. The molecule has 0 radical (unpaired) electrons. The van der Waals surface area contributed by atoms with E-state index < -0.39 is 0 Å². The van der Waals surface area contributed by atoms with E-state index in [4.69, 9.17) is 4.42 Å². The van der Waals surface area contributed by atoms with Crippen molar-refractivity contribution in [3.63, 3.8) is 0 Å². The predicted molar refractivity (Wildman–Crippen MR) is 125 cm³/mol. The van der Waals surface area contributed by atoms with E-state index in [2.05, 4.69) is 36.1 Å². The molecule has 0 saturated carbocycles. The molecular formula is C21H35IN4O2. The number of nitrogens with one attached hydrogen (secondary N) is 2. The Bertz CT molecular complexity index is 592. The third-order valence-corrected chi connectivity index (χ3v) is 5.10. The average Bonchev–Trinajstić information content (AvgIpc) is 3.21. The summed E-state index contributed by atoms with van der Waals surface area (Å²) in [5.41, 5.74) is 0. The molecule has 0 aliphatic carbocycles. The highest BCUT2D eigenvalue weighted by Crippen LogP contribution is 2.17. The number of hydrogen-bond acceptors (Lipinski definition) is 3. The van der Waals surface area contributed by atoms with Crippen molar-refractivity contribution in [2.75, 3.05) is 26.2 Å². The van der Waals surface area contributed by atoms with E-state index in [1.807, 2.05) is 23.1 Å². The fourth-order valence-corrected chi connectivity index (χ4v) is 3.39. The number of piperidine rings is 1. The van der Waals surface area contributed by atoms with Gasteiger partial charge < -0.3 is 20.0 Å². The minimum absolute atomic E-state index is 0. The Balaban J connectivity index is 0.00000392. The third-order valence-electron chi connectivity index (χ3n) is 5.10. The van der Waals surface area contributed by atoms with Gasteiger partial charge in [0.05, 0.1) is 6.26 Å². The number of furan rings is 1. The van der Waals surface area contributed by atoms with Gasteiger partial charge in [-0.25, -0.2) is 0 Å². The fraction of sp³-hybridized carbons (Fsp3) is 0.619. The van der Waals surface area contributed by atoms with Gasteiger partial charge >= 0.3 is 0 Å². The van der Waals surface area contributed by atoms with Crippen LogP contribution >= 0.6 is 24.0 Å². The van der Waals surface area contributed by atoms with Crippen LogP contribution in [-0.4, -0.2) is 49.0 Å². The maximum absolute atomic E-state index is 12.5. The number of carbonyl (C=O) groups is 1. The first-order chi connectivity index (χ1) is 13.2. The van der Waals surface area contributed by atoms with Gasteiger partial charge in [0.25, 0.3) is 0 Å². The summed E-state index contributed by atoms with van der Waals surface area (Å²) in [6.07, 6.45) is 8.01. The summed E-state index contributed by atoms with van der Waals surface area (Å²) >= 11 is 0. The second kappa shape index (κ2) is 13.6. The van der Waals surface area contributed by atoms with Crippen LogP contribution in [0.2, 0.25) is 0 Å². The van der Waals surface area contributed by atoms with Crippen molar-refractivity contribution in [1.82, 2.24) is 15.5 Å². The van der Waals surface area contributed by atoms with Crippen molar-refractivity contribution in [2.45, 2.75) is 52.0 Å². The van der Waals surface area contributed by atoms with Gasteiger partial charge in [-0.05, 0) is 37.8 Å². The van der Waals surface area contributed by atoms with E-state index in [1.165, 1.54) is 0 Å². The second-order valence-electron chi connectivity index (χ2n) is 6.99. The van der Waals surface area contributed by atoms with Gasteiger partial charge in [-0.15, -0.1) is 30.6 Å². The van der Waals surface area contributed by atoms with Crippen LogP contribution in [0.3, 0.4) is 0 Å². The van der Waals surface area contributed by atoms with Crippen LogP contribution in [0, 0.1) is 5.92 Å². The highest BCUT2D eigenvalue weighted by molar-refractivity contribution is 14.0. The van der Waals surface area contributed by atoms with E-state index in [-0.39, 0.29) is 29.9 Å². The van der Waals surface area contributed by atoms with Gasteiger partial charge in [0.15, 0.2) is 5.96 Å². The van der Waals surface area contributed by atoms with E-state index in [0.29, 0.717) is 25.0 Å². The van der Waals surface area contributed by atoms with Crippen LogP contribution in [-0.2, 0) is 11.2 Å². The minimum atomic E-state index is 0. The summed E-state index contributed by atoms with van der Waals surface area (Å²) in [6, 6.07) is 4.19. The van der Waals surface area contributed by atoms with Gasteiger partial charge in [0.1, 0.15) is 5.76 Å². The molecule has 2 rings (SSSR count). The van der Waals surface area contributed by atoms with Crippen molar-refractivity contribution in [2.24, 2.45) is 10.9 Å². The second-order valence-corrected chi connectivity index (χ2v) is 6.99. The van der Waals surface area contributed by atoms with Crippen molar-refractivity contribution < 1.29 is 9.21 Å². The fourth-order valence-electron chi connectivity index (χ4n) is 3.39. The number of hydrogen-bond donors (Lipinski definition) is 2. The normalized spacial score (nSPS) is 15.2. The lowest BCUT2D eigenvalue weighted by Crippen LogP contribution is -2.50. The topological polar surface area (TPSA) is 69.9 Å². The number of halogens is 1. The van der Waals surface area contributed by atoms with E-state index in [1.54, 1.807) is 6.26 Å². The molecule has 2 N–H and O–H groups in total. The first kappa shape index (κ1) is 24.5. The molecule has 0 aromatic carbocycles. The SMILES string of the molecule is C=CCNC(=NCCc1ccco1)NC1CCN(C(=O)C(CC)CC)CC1.I. The largest absolute Gasteiger partial charge is 0.469 e. The Labute approximate surface area is 186 Å². The maximum atomic E-state index is 12.5. The van der Waals surface area contributed by atoms with E-state index in [0.717, 1.165) is 56.9 Å². The summed E-state index contributed by atoms with van der Waals surface area (Å²) in [7, 11) is 0. The molecular weight excluding hydrogens is 467 g/mol. The molecule has 28 heavy (non-hydrogen) atoms. The van der Waals surface area contributed by atoms with E-state index in [9.17, 15) is 4.79 Å². The van der Waals surface area contributed by atoms with Crippen LogP contribution in [0.4, 0.5) is 0 Å². The summed E-state index contributed by atoms with van der Waals surface area (Å²) in [5, 5.41) is 6.79. The number of carbonyl (C=O) groups excluding carboxylic acids is 1. The monoisotopic (exact) mass is 502 g/mol. The molecule has 158 valence electrons. The zero-order chi connectivity index (χ0) is 19.5. The van der Waals surface area contributed by atoms with Gasteiger partial charge in [0, 0.05) is 44.6 Å². The zero-order valence-corrected chi connectivity index (χ0v) is 19.5. The van der Waals surface area contributed by atoms with Gasteiger partial charge in [-0.2, -0.15) is 0 Å². The van der Waals surface area contributed by atoms with Crippen LogP contribution in [0.5, 0.6) is 0 Å². The number of guanidine groups is 1. The molecule has 2 heterocycles. The summed E-state index contributed by atoms with van der Waals surface area (Å²) in [4.78, 5) is 19.2. The van der Waals surface area contributed by atoms with Crippen molar-refractivity contribution in [3.05, 3.63) is 36.8 Å². The maximum Gasteiger partial charge on any atom is 0.225 e. The van der Waals surface area contributed by atoms with Crippen LogP contribution < -0.4 is 10.6 Å². The Morgan fingerprint density at radius 3 is 2.68 bits per heavy atom. The third kappa shape index (κ3) is 7.85. The summed E-state index contributed by atoms with van der Waals surface area (Å²) in [5.74, 6) is 2.22. The molecule has 7 heteroatoms. The molecule has 1 aliphatic heterocycles. The lowest BCUT2D eigenvalue weighted by atomic mass is 9.98. The Morgan fingerprint density at radius 1 is 1.39 bits per heavy atom. The molecule has 0 bridgehead atoms. The molecule has 1 aromatic rings. The molecule has 1 aromatic heterocycles. The summed E-state index contributed by atoms with van der Waals surface area (Å²) in [6.45, 7) is 10.9. The van der Waals surface area contributed by atoms with Crippen LogP contribution in [0.15, 0.2) is 40.5 Å². The van der Waals surface area contributed by atoms with Crippen LogP contribution in [0.25, 0.3) is 0 Å². The Hall–Kier alpha value is -1.51. The van der Waals surface area contributed by atoms with Gasteiger partial charge in [-0.1, -0.05) is 19.9 Å². The quantitative estimate of drug-likeness (QED) is 0.235. The number of nitrogens with zero attached hydrogens (tertiary/aromatic N) is 2. The van der Waals surface area contributed by atoms with Crippen molar-refractivity contribution in [1.29, 1.82) is 0 Å². The highest BCUT2D eigenvalue weighted by Gasteiger charge is 2.26. The van der Waals surface area contributed by atoms with Gasteiger partial charge in [-0.3, -0.25) is 9.79 Å². The number of rotatable bonds is 9. The van der Waals surface area contributed by atoms with Crippen molar-refractivity contribution >= 4 is 35.8 Å². The smallest absolute Gasteiger partial charge is 0.225 e. The molecule has 1 aliphatic rings. The number of likely N-dealkylation sites (tertiary alicyclic amines) is 1. The Morgan fingerprint density at radius 2 is 2.11 bits per heavy atom. The molecule has 1 saturated heterocycles. The summed E-state index contributed by atoms with van der Waals surface area (Å²) < 4.78 is 5.35. The Kier molecular flexibility index (Phi) is 11.9. The predicted octanol–water partition coefficient (Wildman–Crippen LogP) is 3.59. The first-order valence-corrected chi connectivity index (χ1v) is 10.1. The van der Waals surface area contributed by atoms with Crippen molar-refractivity contribution in [3.8, 4) is 0 Å². The molecule has 0 unspecified atom stereocenters. The minimum Gasteiger partial charge on any atom is -0.469 e. The average molecular weight is 502 g/mol. The molecule has 1 fully saturated rings. The van der Waals surface area contributed by atoms with Gasteiger partial charge in [0.2, 0.25) is 5.91 Å². The van der Waals surface area contributed by atoms with E-state index >= 15 is 0 Å². The standard InChI is InChI=1S/C21H34N4O2.HI/c1-4-12-22-21(23-13-9-19-8-7-16-27-19)24-18-10-14-25(15-11-18)20(26)17(5-2)6-3;/h4,7-8,16-18H,1,5-6,9-15H2,2-3H3,(H2,22,23,24);1H. The highest BCUT2D eigenvalue weighted by atomic mass is 127. The zero-order valence-electron chi connectivity index (χ0n) is 17.2. The van der Waals surface area contributed by atoms with Crippen LogP contribution in [0.1, 0.15) is 45.3 Å². The molecule has 6 nitrogen and oxygen atoms in total. The lowest BCUT2D eigenvalue weighted by molar-refractivity contribution is -0.136.